The van der Waals surface area contributed by atoms with Crippen molar-refractivity contribution in [2.24, 2.45) is 5.73 Å². The topological polar surface area (TPSA) is 106 Å². The third-order valence-corrected chi connectivity index (χ3v) is 2.92. The third kappa shape index (κ3) is 1.47. The minimum atomic E-state index is 0.238. The molecule has 7 heteroatoms. The molecule has 0 aliphatic rings. The summed E-state index contributed by atoms with van der Waals surface area (Å²) in [6.45, 7) is 2.35. The largest absolute Gasteiger partial charge is 0.366 e. The van der Waals surface area contributed by atoms with Crippen molar-refractivity contribution in [3.63, 3.8) is 0 Å². The molecule has 2 aromatic heterocycles. The second-order valence-corrected chi connectivity index (χ2v) is 3.85. The Kier molecular flexibility index (Phi) is 2.18. The molecule has 14 heavy (non-hydrogen) atoms. The van der Waals surface area contributed by atoms with Crippen LogP contribution in [0.5, 0.6) is 0 Å². The van der Waals surface area contributed by atoms with E-state index in [2.05, 4.69) is 20.2 Å². The van der Waals surface area contributed by atoms with E-state index in [1.54, 1.807) is 0 Å². The van der Waals surface area contributed by atoms with Crippen LogP contribution in [0, 0.1) is 6.92 Å². The first kappa shape index (κ1) is 9.10. The molecule has 0 aliphatic carbocycles. The molecule has 0 aromatic carbocycles. The van der Waals surface area contributed by atoms with Gasteiger partial charge in [-0.25, -0.2) is 4.98 Å². The molecule has 74 valence electrons. The SMILES string of the molecule is Cc1nc(CN)sc1-c1nc(N)n[nH]1. The zero-order valence-corrected chi connectivity index (χ0v) is 8.43. The molecular formula is C7H10N6S. The van der Waals surface area contributed by atoms with Crippen molar-refractivity contribution in [3.05, 3.63) is 10.7 Å². The number of rotatable bonds is 2. The Hall–Kier alpha value is -1.47. The average molecular weight is 210 g/mol. The summed E-state index contributed by atoms with van der Waals surface area (Å²) in [7, 11) is 0. The summed E-state index contributed by atoms with van der Waals surface area (Å²) in [5.41, 5.74) is 11.8. The van der Waals surface area contributed by atoms with E-state index in [1.165, 1.54) is 11.3 Å². The number of H-pyrrole nitrogens is 1. The molecule has 6 nitrogen and oxygen atoms in total. The van der Waals surface area contributed by atoms with Crippen LogP contribution in [-0.2, 0) is 6.54 Å². The van der Waals surface area contributed by atoms with Crippen molar-refractivity contribution >= 4 is 17.3 Å². The van der Waals surface area contributed by atoms with Gasteiger partial charge in [0.25, 0.3) is 0 Å². The zero-order valence-electron chi connectivity index (χ0n) is 7.61. The van der Waals surface area contributed by atoms with Gasteiger partial charge in [-0.05, 0) is 6.92 Å². The number of nitrogens with zero attached hydrogens (tertiary/aromatic N) is 3. The monoisotopic (exact) mass is 210 g/mol. The highest BCUT2D eigenvalue weighted by Crippen LogP contribution is 2.26. The minimum absolute atomic E-state index is 0.238. The van der Waals surface area contributed by atoms with E-state index in [0.717, 1.165) is 15.6 Å². The lowest BCUT2D eigenvalue weighted by molar-refractivity contribution is 1.02. The number of aromatic nitrogens is 4. The Morgan fingerprint density at radius 1 is 1.43 bits per heavy atom. The number of anilines is 1. The second-order valence-electron chi connectivity index (χ2n) is 2.77. The molecule has 2 rings (SSSR count). The molecule has 0 saturated heterocycles. The first-order chi connectivity index (χ1) is 6.70. The lowest BCUT2D eigenvalue weighted by atomic mass is 10.4. The van der Waals surface area contributed by atoms with Crippen molar-refractivity contribution in [1.82, 2.24) is 20.2 Å². The van der Waals surface area contributed by atoms with E-state index in [0.29, 0.717) is 12.4 Å². The highest BCUT2D eigenvalue weighted by molar-refractivity contribution is 7.15. The Balaban J connectivity index is 2.45. The van der Waals surface area contributed by atoms with Crippen LogP contribution in [0.4, 0.5) is 5.95 Å². The van der Waals surface area contributed by atoms with E-state index < -0.39 is 0 Å². The van der Waals surface area contributed by atoms with Crippen LogP contribution >= 0.6 is 11.3 Å². The third-order valence-electron chi connectivity index (χ3n) is 1.73. The average Bonchev–Trinajstić information content (AvgIpc) is 2.71. The van der Waals surface area contributed by atoms with E-state index >= 15 is 0 Å². The summed E-state index contributed by atoms with van der Waals surface area (Å²) in [5.74, 6) is 0.888. The number of nitrogens with one attached hydrogen (secondary N) is 1. The highest BCUT2D eigenvalue weighted by atomic mass is 32.1. The predicted octanol–water partition coefficient (Wildman–Crippen LogP) is 0.278. The number of thiazole rings is 1. The fraction of sp³-hybridized carbons (Fsp3) is 0.286. The Morgan fingerprint density at radius 2 is 2.21 bits per heavy atom. The van der Waals surface area contributed by atoms with Crippen molar-refractivity contribution < 1.29 is 0 Å². The quantitative estimate of drug-likeness (QED) is 0.660. The molecule has 0 unspecified atom stereocenters. The van der Waals surface area contributed by atoms with Gasteiger partial charge in [-0.1, -0.05) is 0 Å². The molecule has 2 aromatic rings. The Labute approximate surface area is 84.4 Å². The van der Waals surface area contributed by atoms with Crippen LogP contribution < -0.4 is 11.5 Å². The fourth-order valence-electron chi connectivity index (χ4n) is 1.14. The summed E-state index contributed by atoms with van der Waals surface area (Å²) < 4.78 is 0. The van der Waals surface area contributed by atoms with Gasteiger partial charge in [0.15, 0.2) is 5.82 Å². The number of aryl methyl sites for hydroxylation is 1. The Morgan fingerprint density at radius 3 is 2.71 bits per heavy atom. The van der Waals surface area contributed by atoms with Gasteiger partial charge in [0.2, 0.25) is 5.95 Å². The highest BCUT2D eigenvalue weighted by Gasteiger charge is 2.11. The molecule has 0 saturated carbocycles. The molecule has 0 amide bonds. The number of hydrogen-bond donors (Lipinski definition) is 3. The van der Waals surface area contributed by atoms with Gasteiger partial charge in [-0.2, -0.15) is 4.98 Å². The summed E-state index contributed by atoms with van der Waals surface area (Å²) in [6, 6.07) is 0. The summed E-state index contributed by atoms with van der Waals surface area (Å²) >= 11 is 1.50. The molecule has 0 fully saturated rings. The Bertz CT molecular complexity index is 445. The van der Waals surface area contributed by atoms with Gasteiger partial charge in [0.05, 0.1) is 10.6 Å². The molecule has 0 aliphatic heterocycles. The maximum Gasteiger partial charge on any atom is 0.239 e. The maximum atomic E-state index is 5.49. The molecule has 0 atom stereocenters. The first-order valence-corrected chi connectivity index (χ1v) is 4.87. The summed E-state index contributed by atoms with van der Waals surface area (Å²) in [4.78, 5) is 9.25. The van der Waals surface area contributed by atoms with Gasteiger partial charge in [-0.3, -0.25) is 5.10 Å². The second kappa shape index (κ2) is 3.35. The van der Waals surface area contributed by atoms with Crippen molar-refractivity contribution in [2.75, 3.05) is 5.73 Å². The van der Waals surface area contributed by atoms with Gasteiger partial charge in [-0.15, -0.1) is 16.4 Å². The van der Waals surface area contributed by atoms with Gasteiger partial charge < -0.3 is 11.5 Å². The van der Waals surface area contributed by atoms with Crippen LogP contribution in [0.3, 0.4) is 0 Å². The van der Waals surface area contributed by atoms with Gasteiger partial charge in [0.1, 0.15) is 5.01 Å². The molecular weight excluding hydrogens is 200 g/mol. The molecule has 0 radical (unpaired) electrons. The molecule has 0 bridgehead atoms. The zero-order chi connectivity index (χ0) is 10.1. The number of nitrogens with two attached hydrogens (primary N) is 2. The lowest BCUT2D eigenvalue weighted by Gasteiger charge is -1.88. The molecule has 5 N–H and O–H groups in total. The van der Waals surface area contributed by atoms with Crippen molar-refractivity contribution in [1.29, 1.82) is 0 Å². The van der Waals surface area contributed by atoms with E-state index in [9.17, 15) is 0 Å². The van der Waals surface area contributed by atoms with Gasteiger partial charge >= 0.3 is 0 Å². The van der Waals surface area contributed by atoms with Gasteiger partial charge in [0, 0.05) is 6.54 Å². The maximum absolute atomic E-state index is 5.49. The number of nitrogen functional groups attached to an aromatic ring is 1. The van der Waals surface area contributed by atoms with Crippen LogP contribution in [-0.4, -0.2) is 20.2 Å². The predicted molar refractivity (Wildman–Crippen MR) is 54.5 cm³/mol. The standard InChI is InChI=1S/C7H10N6S/c1-3-5(14-4(2-8)10-3)6-11-7(9)13-12-6/h2,8H2,1H3,(H3,9,11,12,13). The fourth-order valence-corrected chi connectivity index (χ4v) is 2.02. The molecule has 0 spiro atoms. The van der Waals surface area contributed by atoms with E-state index in [4.69, 9.17) is 11.5 Å². The van der Waals surface area contributed by atoms with Crippen LogP contribution in [0.2, 0.25) is 0 Å². The normalized spacial score (nSPS) is 10.7. The molecule has 2 heterocycles. The van der Waals surface area contributed by atoms with E-state index in [1.807, 2.05) is 6.92 Å². The van der Waals surface area contributed by atoms with Crippen molar-refractivity contribution in [3.8, 4) is 10.7 Å². The van der Waals surface area contributed by atoms with Crippen LogP contribution in [0.25, 0.3) is 10.7 Å². The first-order valence-electron chi connectivity index (χ1n) is 4.05. The summed E-state index contributed by atoms with van der Waals surface area (Å²) in [5, 5.41) is 7.38. The number of aromatic amines is 1. The lowest BCUT2D eigenvalue weighted by Crippen LogP contribution is -1.94. The van der Waals surface area contributed by atoms with E-state index in [-0.39, 0.29) is 5.95 Å². The van der Waals surface area contributed by atoms with Crippen LogP contribution in [0.15, 0.2) is 0 Å². The smallest absolute Gasteiger partial charge is 0.239 e. The van der Waals surface area contributed by atoms with Crippen LogP contribution in [0.1, 0.15) is 10.7 Å². The van der Waals surface area contributed by atoms with Crippen molar-refractivity contribution in [2.45, 2.75) is 13.5 Å². The minimum Gasteiger partial charge on any atom is -0.366 e. The summed E-state index contributed by atoms with van der Waals surface area (Å²) in [6.07, 6.45) is 0. The number of hydrogen-bond acceptors (Lipinski definition) is 6.